The molecule has 0 atom stereocenters. The molecule has 2 aromatic carbocycles. The van der Waals surface area contributed by atoms with Crippen molar-refractivity contribution < 1.29 is 17.9 Å². The van der Waals surface area contributed by atoms with Crippen molar-refractivity contribution in [2.24, 2.45) is 0 Å². The van der Waals surface area contributed by atoms with E-state index in [2.05, 4.69) is 10.0 Å². The Hall–Kier alpha value is -2.38. The van der Waals surface area contributed by atoms with E-state index >= 15 is 0 Å². The number of amides is 1. The SMILES string of the molecule is O=C(Nc1ccc(S(=O)(=O)NC2CCCCC2)cc1)OCc1ccccc1. The molecule has 0 bridgehead atoms. The summed E-state index contributed by atoms with van der Waals surface area (Å²) < 4.78 is 32.9. The van der Waals surface area contributed by atoms with Crippen molar-refractivity contribution in [1.29, 1.82) is 0 Å². The lowest BCUT2D eigenvalue weighted by atomic mass is 9.96. The van der Waals surface area contributed by atoms with Crippen LogP contribution < -0.4 is 10.0 Å². The molecule has 0 aliphatic heterocycles. The fraction of sp³-hybridized carbons (Fsp3) is 0.350. The third kappa shape index (κ3) is 5.80. The molecular formula is C20H24N2O4S. The number of carbonyl (C=O) groups is 1. The van der Waals surface area contributed by atoms with Crippen molar-refractivity contribution in [2.75, 3.05) is 5.32 Å². The van der Waals surface area contributed by atoms with Crippen molar-refractivity contribution in [2.45, 2.75) is 49.6 Å². The molecule has 1 fully saturated rings. The maximum atomic E-state index is 12.5. The van der Waals surface area contributed by atoms with Crippen molar-refractivity contribution in [1.82, 2.24) is 4.72 Å². The van der Waals surface area contributed by atoms with E-state index in [1.165, 1.54) is 18.6 Å². The summed E-state index contributed by atoms with van der Waals surface area (Å²) in [5.74, 6) is 0. The quantitative estimate of drug-likeness (QED) is 0.782. The third-order valence-corrected chi connectivity index (χ3v) is 6.09. The number of benzene rings is 2. The lowest BCUT2D eigenvalue weighted by Crippen LogP contribution is -2.36. The number of carbonyl (C=O) groups excluding carboxylic acids is 1. The predicted octanol–water partition coefficient (Wildman–Crippen LogP) is 4.05. The first-order valence-corrected chi connectivity index (χ1v) is 10.6. The van der Waals surface area contributed by atoms with Crippen LogP contribution >= 0.6 is 0 Å². The lowest BCUT2D eigenvalue weighted by molar-refractivity contribution is 0.155. The Bertz CT molecular complexity index is 845. The molecule has 0 aromatic heterocycles. The Balaban J connectivity index is 1.53. The first-order chi connectivity index (χ1) is 13.0. The summed E-state index contributed by atoms with van der Waals surface area (Å²) in [7, 11) is -3.55. The number of sulfonamides is 1. The summed E-state index contributed by atoms with van der Waals surface area (Å²) in [5, 5.41) is 2.60. The summed E-state index contributed by atoms with van der Waals surface area (Å²) in [6.45, 7) is 0.171. The highest BCUT2D eigenvalue weighted by atomic mass is 32.2. The van der Waals surface area contributed by atoms with E-state index in [4.69, 9.17) is 4.74 Å². The molecule has 144 valence electrons. The molecule has 7 heteroatoms. The fourth-order valence-electron chi connectivity index (χ4n) is 3.10. The number of hydrogen-bond donors (Lipinski definition) is 2. The first kappa shape index (κ1) is 19.4. The molecule has 3 rings (SSSR count). The van der Waals surface area contributed by atoms with Gasteiger partial charge < -0.3 is 4.74 Å². The summed E-state index contributed by atoms with van der Waals surface area (Å²) in [6, 6.07) is 15.5. The zero-order valence-electron chi connectivity index (χ0n) is 15.1. The molecule has 0 radical (unpaired) electrons. The van der Waals surface area contributed by atoms with E-state index in [0.717, 1.165) is 31.2 Å². The number of nitrogens with one attached hydrogen (secondary N) is 2. The normalized spacial score (nSPS) is 15.3. The lowest BCUT2D eigenvalue weighted by Gasteiger charge is -2.22. The average Bonchev–Trinajstić information content (AvgIpc) is 2.68. The largest absolute Gasteiger partial charge is 0.444 e. The van der Waals surface area contributed by atoms with E-state index in [1.807, 2.05) is 30.3 Å². The maximum Gasteiger partial charge on any atom is 0.411 e. The highest BCUT2D eigenvalue weighted by Gasteiger charge is 2.21. The molecule has 6 nitrogen and oxygen atoms in total. The topological polar surface area (TPSA) is 84.5 Å². The molecular weight excluding hydrogens is 364 g/mol. The molecule has 2 N–H and O–H groups in total. The zero-order chi connectivity index (χ0) is 19.1. The maximum absolute atomic E-state index is 12.5. The van der Waals surface area contributed by atoms with Gasteiger partial charge in [-0.1, -0.05) is 49.6 Å². The minimum absolute atomic E-state index is 0.00881. The van der Waals surface area contributed by atoms with Gasteiger partial charge in [-0.05, 0) is 42.7 Å². The van der Waals surface area contributed by atoms with Gasteiger partial charge in [-0.15, -0.1) is 0 Å². The second kappa shape index (κ2) is 9.01. The van der Waals surface area contributed by atoms with Gasteiger partial charge >= 0.3 is 6.09 Å². The van der Waals surface area contributed by atoms with Gasteiger partial charge in [-0.2, -0.15) is 0 Å². The molecule has 1 amide bonds. The van der Waals surface area contributed by atoms with Crippen LogP contribution in [0, 0.1) is 0 Å². The molecule has 0 spiro atoms. The summed E-state index contributed by atoms with van der Waals surface area (Å²) >= 11 is 0. The van der Waals surface area contributed by atoms with Crippen LogP contribution in [0.4, 0.5) is 10.5 Å². The predicted molar refractivity (Wildman–Crippen MR) is 104 cm³/mol. The van der Waals surface area contributed by atoms with Gasteiger partial charge in [0.2, 0.25) is 10.0 Å². The van der Waals surface area contributed by atoms with E-state index < -0.39 is 16.1 Å². The van der Waals surface area contributed by atoms with E-state index in [0.29, 0.717) is 5.69 Å². The second-order valence-electron chi connectivity index (χ2n) is 6.67. The molecule has 2 aromatic rings. The molecule has 0 saturated heterocycles. The Morgan fingerprint density at radius 2 is 1.63 bits per heavy atom. The molecule has 0 heterocycles. The number of anilines is 1. The standard InChI is InChI=1S/C20H24N2O4S/c23-20(26-15-16-7-3-1-4-8-16)21-17-11-13-19(14-12-17)27(24,25)22-18-9-5-2-6-10-18/h1,3-4,7-8,11-14,18,22H,2,5-6,9-10,15H2,(H,21,23). The summed E-state index contributed by atoms with van der Waals surface area (Å²) in [4.78, 5) is 12.1. The molecule has 0 unspecified atom stereocenters. The van der Waals surface area contributed by atoms with Crippen molar-refractivity contribution in [3.8, 4) is 0 Å². The Labute approximate surface area is 160 Å². The fourth-order valence-corrected chi connectivity index (χ4v) is 4.41. The minimum atomic E-state index is -3.55. The average molecular weight is 388 g/mol. The first-order valence-electron chi connectivity index (χ1n) is 9.13. The van der Waals surface area contributed by atoms with E-state index in [-0.39, 0.29) is 17.5 Å². The Morgan fingerprint density at radius 3 is 2.30 bits per heavy atom. The van der Waals surface area contributed by atoms with Crippen LogP contribution in [0.3, 0.4) is 0 Å². The smallest absolute Gasteiger partial charge is 0.411 e. The van der Waals surface area contributed by atoms with E-state index in [9.17, 15) is 13.2 Å². The number of rotatable bonds is 6. The van der Waals surface area contributed by atoms with Gasteiger partial charge in [0.15, 0.2) is 0 Å². The molecule has 27 heavy (non-hydrogen) atoms. The highest BCUT2D eigenvalue weighted by Crippen LogP contribution is 2.21. The molecule has 1 aliphatic carbocycles. The van der Waals surface area contributed by atoms with Crippen LogP contribution in [-0.4, -0.2) is 20.6 Å². The van der Waals surface area contributed by atoms with Gasteiger partial charge in [0.25, 0.3) is 0 Å². The third-order valence-electron chi connectivity index (χ3n) is 4.55. The van der Waals surface area contributed by atoms with Crippen molar-refractivity contribution >= 4 is 21.8 Å². The van der Waals surface area contributed by atoms with Gasteiger partial charge in [-0.3, -0.25) is 5.32 Å². The monoisotopic (exact) mass is 388 g/mol. The number of ether oxygens (including phenoxy) is 1. The minimum Gasteiger partial charge on any atom is -0.444 e. The van der Waals surface area contributed by atoms with Gasteiger partial charge in [0.05, 0.1) is 4.90 Å². The summed E-state index contributed by atoms with van der Waals surface area (Å²) in [6.07, 6.45) is 4.45. The van der Waals surface area contributed by atoms with Crippen LogP contribution in [0.5, 0.6) is 0 Å². The zero-order valence-corrected chi connectivity index (χ0v) is 15.9. The van der Waals surface area contributed by atoms with Gasteiger partial charge in [0.1, 0.15) is 6.61 Å². The Morgan fingerprint density at radius 1 is 0.963 bits per heavy atom. The van der Waals surface area contributed by atoms with Crippen LogP contribution in [0.2, 0.25) is 0 Å². The van der Waals surface area contributed by atoms with Crippen LogP contribution in [0.25, 0.3) is 0 Å². The summed E-state index contributed by atoms with van der Waals surface area (Å²) in [5.41, 5.74) is 1.37. The number of hydrogen-bond acceptors (Lipinski definition) is 4. The van der Waals surface area contributed by atoms with Crippen LogP contribution in [0.1, 0.15) is 37.7 Å². The van der Waals surface area contributed by atoms with Crippen LogP contribution in [0.15, 0.2) is 59.5 Å². The molecule has 1 saturated carbocycles. The van der Waals surface area contributed by atoms with Crippen LogP contribution in [-0.2, 0) is 21.4 Å². The van der Waals surface area contributed by atoms with Gasteiger partial charge in [0, 0.05) is 11.7 Å². The second-order valence-corrected chi connectivity index (χ2v) is 8.38. The molecule has 1 aliphatic rings. The van der Waals surface area contributed by atoms with Crippen molar-refractivity contribution in [3.05, 3.63) is 60.2 Å². The van der Waals surface area contributed by atoms with Gasteiger partial charge in [-0.25, -0.2) is 17.9 Å². The Kier molecular flexibility index (Phi) is 6.47. The van der Waals surface area contributed by atoms with Crippen molar-refractivity contribution in [3.63, 3.8) is 0 Å². The highest BCUT2D eigenvalue weighted by molar-refractivity contribution is 7.89. The van der Waals surface area contributed by atoms with E-state index in [1.54, 1.807) is 12.1 Å².